The van der Waals surface area contributed by atoms with Gasteiger partial charge in [-0.25, -0.2) is 0 Å². The van der Waals surface area contributed by atoms with E-state index >= 15 is 0 Å². The van der Waals surface area contributed by atoms with Crippen LogP contribution in [0, 0.1) is 5.92 Å². The first-order valence-corrected chi connectivity index (χ1v) is 7.00. The lowest BCUT2D eigenvalue weighted by Gasteiger charge is -2.36. The summed E-state index contributed by atoms with van der Waals surface area (Å²) in [7, 11) is 0. The van der Waals surface area contributed by atoms with Crippen LogP contribution in [-0.2, 0) is 4.79 Å². The molecule has 2 aliphatic rings. The third-order valence-corrected chi connectivity index (χ3v) is 4.46. The summed E-state index contributed by atoms with van der Waals surface area (Å²) in [5.41, 5.74) is 0. The summed E-state index contributed by atoms with van der Waals surface area (Å²) < 4.78 is 0. The second kappa shape index (κ2) is 5.41. The van der Waals surface area contributed by atoms with Crippen LogP contribution in [0.1, 0.15) is 26.2 Å². The van der Waals surface area contributed by atoms with E-state index in [1.165, 1.54) is 0 Å². The Balaban J connectivity index is 1.87. The van der Waals surface area contributed by atoms with E-state index < -0.39 is 0 Å². The highest BCUT2D eigenvalue weighted by atomic mass is 32.1. The van der Waals surface area contributed by atoms with E-state index in [0.717, 1.165) is 51.2 Å². The molecule has 0 radical (unpaired) electrons. The predicted molar refractivity (Wildman–Crippen MR) is 68.8 cm³/mol. The molecule has 4 heteroatoms. The molecule has 1 atom stereocenters. The van der Waals surface area contributed by atoms with Gasteiger partial charge in [-0.15, -0.1) is 0 Å². The van der Waals surface area contributed by atoms with Crippen LogP contribution in [0.3, 0.4) is 0 Å². The normalized spacial score (nSPS) is 29.0. The number of piperidine rings is 1. The first kappa shape index (κ1) is 12.2. The third-order valence-electron chi connectivity index (χ3n) is 3.94. The first-order valence-electron chi connectivity index (χ1n) is 6.37. The number of hydrogen-bond donors (Lipinski definition) is 1. The Morgan fingerprint density at radius 1 is 1.38 bits per heavy atom. The lowest BCUT2D eigenvalue weighted by atomic mass is 10.0. The molecule has 2 aliphatic heterocycles. The Morgan fingerprint density at radius 3 is 2.56 bits per heavy atom. The van der Waals surface area contributed by atoms with Gasteiger partial charge in [-0.05, 0) is 31.1 Å². The van der Waals surface area contributed by atoms with Crippen LogP contribution >= 0.6 is 12.6 Å². The lowest BCUT2D eigenvalue weighted by Crippen LogP contribution is -2.45. The van der Waals surface area contributed by atoms with Gasteiger partial charge < -0.3 is 9.80 Å². The van der Waals surface area contributed by atoms with Crippen molar-refractivity contribution >= 4 is 18.5 Å². The average molecular weight is 242 g/mol. The van der Waals surface area contributed by atoms with E-state index in [0.29, 0.717) is 17.9 Å². The zero-order valence-corrected chi connectivity index (χ0v) is 11.0. The van der Waals surface area contributed by atoms with Gasteiger partial charge in [0, 0.05) is 32.1 Å². The van der Waals surface area contributed by atoms with E-state index in [-0.39, 0.29) is 0 Å². The van der Waals surface area contributed by atoms with Crippen molar-refractivity contribution in [3.63, 3.8) is 0 Å². The molecule has 2 heterocycles. The van der Waals surface area contributed by atoms with E-state index in [2.05, 4.69) is 29.4 Å². The molecule has 2 saturated heterocycles. The fraction of sp³-hybridized carbons (Fsp3) is 0.917. The maximum Gasteiger partial charge on any atom is 0.223 e. The van der Waals surface area contributed by atoms with E-state index in [9.17, 15) is 4.79 Å². The molecule has 2 fully saturated rings. The van der Waals surface area contributed by atoms with Crippen molar-refractivity contribution in [2.75, 3.05) is 31.9 Å². The van der Waals surface area contributed by atoms with Crippen LogP contribution in [-0.4, -0.2) is 53.7 Å². The van der Waals surface area contributed by atoms with Crippen molar-refractivity contribution in [1.29, 1.82) is 0 Å². The topological polar surface area (TPSA) is 23.6 Å². The molecule has 92 valence electrons. The van der Waals surface area contributed by atoms with Crippen LogP contribution in [0.15, 0.2) is 0 Å². The highest BCUT2D eigenvalue weighted by Gasteiger charge is 2.34. The molecule has 0 bridgehead atoms. The average Bonchev–Trinajstić information content (AvgIpc) is 2.71. The number of likely N-dealkylation sites (tertiary alicyclic amines) is 2. The summed E-state index contributed by atoms with van der Waals surface area (Å²) in [6, 6.07) is 0.500. The smallest absolute Gasteiger partial charge is 0.223 e. The summed E-state index contributed by atoms with van der Waals surface area (Å²) in [5, 5.41) is 0. The highest BCUT2D eigenvalue weighted by molar-refractivity contribution is 7.80. The van der Waals surface area contributed by atoms with Crippen LogP contribution < -0.4 is 0 Å². The molecular formula is C12H22N2OS. The van der Waals surface area contributed by atoms with Crippen LogP contribution in [0.2, 0.25) is 0 Å². The molecule has 1 unspecified atom stereocenters. The Morgan fingerprint density at radius 2 is 2.06 bits per heavy atom. The fourth-order valence-corrected chi connectivity index (χ4v) is 3.08. The maximum atomic E-state index is 11.9. The Labute approximate surface area is 104 Å². The van der Waals surface area contributed by atoms with Gasteiger partial charge in [0.1, 0.15) is 0 Å². The number of rotatable bonds is 3. The van der Waals surface area contributed by atoms with Gasteiger partial charge in [0.05, 0.1) is 0 Å². The van der Waals surface area contributed by atoms with Gasteiger partial charge in [-0.1, -0.05) is 6.92 Å². The fourth-order valence-electron chi connectivity index (χ4n) is 2.83. The van der Waals surface area contributed by atoms with Gasteiger partial charge in [-0.3, -0.25) is 4.79 Å². The van der Waals surface area contributed by atoms with Gasteiger partial charge in [-0.2, -0.15) is 12.6 Å². The van der Waals surface area contributed by atoms with Gasteiger partial charge in [0.15, 0.2) is 0 Å². The molecule has 3 nitrogen and oxygen atoms in total. The summed E-state index contributed by atoms with van der Waals surface area (Å²) in [6.45, 7) is 6.59. The minimum atomic E-state index is 0.356. The molecule has 0 aromatic carbocycles. The number of amides is 1. The van der Waals surface area contributed by atoms with E-state index in [1.54, 1.807) is 0 Å². The third kappa shape index (κ3) is 2.54. The summed E-state index contributed by atoms with van der Waals surface area (Å²) in [5.74, 6) is 1.68. The largest absolute Gasteiger partial charge is 0.339 e. The molecule has 16 heavy (non-hydrogen) atoms. The number of carbonyl (C=O) groups is 1. The lowest BCUT2D eigenvalue weighted by molar-refractivity contribution is -0.130. The van der Waals surface area contributed by atoms with Crippen molar-refractivity contribution in [1.82, 2.24) is 9.80 Å². The van der Waals surface area contributed by atoms with Crippen LogP contribution in [0.25, 0.3) is 0 Å². The molecule has 0 saturated carbocycles. The monoisotopic (exact) mass is 242 g/mol. The quantitative estimate of drug-likeness (QED) is 0.753. The Kier molecular flexibility index (Phi) is 4.14. The minimum Gasteiger partial charge on any atom is -0.339 e. The number of thiol groups is 1. The van der Waals surface area contributed by atoms with Crippen LogP contribution in [0.4, 0.5) is 0 Å². The van der Waals surface area contributed by atoms with Gasteiger partial charge in [0.2, 0.25) is 5.91 Å². The van der Waals surface area contributed by atoms with Crippen molar-refractivity contribution in [3.8, 4) is 0 Å². The van der Waals surface area contributed by atoms with Crippen molar-refractivity contribution < 1.29 is 4.79 Å². The summed E-state index contributed by atoms with van der Waals surface area (Å²) in [4.78, 5) is 16.5. The second-order valence-corrected chi connectivity index (χ2v) is 5.33. The van der Waals surface area contributed by atoms with Crippen molar-refractivity contribution in [2.24, 2.45) is 5.92 Å². The molecule has 0 aromatic rings. The zero-order chi connectivity index (χ0) is 11.5. The Hall–Kier alpha value is -0.220. The molecule has 2 rings (SSSR count). The molecule has 0 N–H and O–H groups in total. The molecular weight excluding hydrogens is 220 g/mol. The molecule has 0 aliphatic carbocycles. The molecule has 0 aromatic heterocycles. The SMILES string of the molecule is CCN1CCC(N2CC(CS)CC2=O)CC1. The van der Waals surface area contributed by atoms with Crippen molar-refractivity contribution in [2.45, 2.75) is 32.2 Å². The number of hydrogen-bond acceptors (Lipinski definition) is 3. The zero-order valence-electron chi connectivity index (χ0n) is 10.1. The number of nitrogens with zero attached hydrogens (tertiary/aromatic N) is 2. The van der Waals surface area contributed by atoms with E-state index in [4.69, 9.17) is 0 Å². The predicted octanol–water partition coefficient (Wildman–Crippen LogP) is 1.25. The molecule has 1 amide bonds. The number of carbonyl (C=O) groups excluding carboxylic acids is 1. The summed E-state index contributed by atoms with van der Waals surface area (Å²) >= 11 is 4.30. The van der Waals surface area contributed by atoms with Crippen LogP contribution in [0.5, 0.6) is 0 Å². The first-order chi connectivity index (χ1) is 7.74. The Bertz CT molecular complexity index is 251. The molecule has 0 spiro atoms. The van der Waals surface area contributed by atoms with Gasteiger partial charge >= 0.3 is 0 Å². The standard InChI is InChI=1S/C12H22N2OS/c1-2-13-5-3-11(4-6-13)14-8-10(9-16)7-12(14)15/h10-11,16H,2-9H2,1H3. The minimum absolute atomic E-state index is 0.356. The van der Waals surface area contributed by atoms with E-state index in [1.807, 2.05) is 0 Å². The van der Waals surface area contributed by atoms with Gasteiger partial charge in [0.25, 0.3) is 0 Å². The highest BCUT2D eigenvalue weighted by Crippen LogP contribution is 2.25. The summed E-state index contributed by atoms with van der Waals surface area (Å²) in [6.07, 6.45) is 3.02. The maximum absolute atomic E-state index is 11.9. The second-order valence-electron chi connectivity index (χ2n) is 4.96. The van der Waals surface area contributed by atoms with Crippen molar-refractivity contribution in [3.05, 3.63) is 0 Å².